The van der Waals surface area contributed by atoms with Gasteiger partial charge in [0.15, 0.2) is 6.61 Å². The third kappa shape index (κ3) is 5.74. The third-order valence-electron chi connectivity index (χ3n) is 6.90. The molecule has 2 aromatic heterocycles. The zero-order chi connectivity index (χ0) is 28.2. The number of carbonyl (C=O) groups is 2. The SMILES string of the molecule is CCOC(=O)c1c(NC(=O)COc2ccc3c(=O)c(Oc4ccccc4CC)coc3c2)sc2c1CCC(C)C2. The summed E-state index contributed by atoms with van der Waals surface area (Å²) in [6, 6.07) is 12.3. The lowest BCUT2D eigenvalue weighted by Gasteiger charge is -2.18. The monoisotopic (exact) mass is 561 g/mol. The van der Waals surface area contributed by atoms with Gasteiger partial charge in [-0.15, -0.1) is 11.3 Å². The molecule has 1 atom stereocenters. The van der Waals surface area contributed by atoms with Crippen molar-refractivity contribution in [3.05, 3.63) is 80.5 Å². The second kappa shape index (κ2) is 12.0. The van der Waals surface area contributed by atoms with E-state index in [4.69, 9.17) is 18.6 Å². The zero-order valence-corrected chi connectivity index (χ0v) is 23.5. The summed E-state index contributed by atoms with van der Waals surface area (Å²) in [4.78, 5) is 39.7. The van der Waals surface area contributed by atoms with E-state index in [9.17, 15) is 14.4 Å². The molecule has 0 aliphatic heterocycles. The Labute approximate surface area is 235 Å². The van der Waals surface area contributed by atoms with Crippen molar-refractivity contribution in [1.29, 1.82) is 0 Å². The first-order chi connectivity index (χ1) is 19.4. The van der Waals surface area contributed by atoms with Crippen LogP contribution in [0.5, 0.6) is 17.2 Å². The maximum atomic E-state index is 13.0. The summed E-state index contributed by atoms with van der Waals surface area (Å²) in [6.45, 7) is 5.93. The summed E-state index contributed by atoms with van der Waals surface area (Å²) >= 11 is 1.43. The number of anilines is 1. The Bertz CT molecular complexity index is 1620. The van der Waals surface area contributed by atoms with E-state index in [1.165, 1.54) is 17.6 Å². The molecule has 0 fully saturated rings. The van der Waals surface area contributed by atoms with Crippen LogP contribution >= 0.6 is 11.3 Å². The molecule has 1 aliphatic carbocycles. The summed E-state index contributed by atoms with van der Waals surface area (Å²) in [7, 11) is 0. The van der Waals surface area contributed by atoms with Gasteiger partial charge in [-0.3, -0.25) is 9.59 Å². The molecule has 0 saturated heterocycles. The molecule has 1 amide bonds. The van der Waals surface area contributed by atoms with Crippen molar-refractivity contribution >= 4 is 39.2 Å². The van der Waals surface area contributed by atoms with Gasteiger partial charge in [0.1, 0.15) is 28.3 Å². The Hall–Kier alpha value is -4.11. The number of carbonyl (C=O) groups excluding carboxylic acids is 2. The predicted octanol–water partition coefficient (Wildman–Crippen LogP) is 6.53. The van der Waals surface area contributed by atoms with Crippen LogP contribution in [0.3, 0.4) is 0 Å². The lowest BCUT2D eigenvalue weighted by atomic mass is 9.88. The molecule has 0 bridgehead atoms. The number of aryl methyl sites for hydroxylation is 1. The molecule has 2 aromatic carbocycles. The Balaban J connectivity index is 1.29. The molecule has 2 heterocycles. The van der Waals surface area contributed by atoms with E-state index in [0.717, 1.165) is 41.7 Å². The molecule has 1 N–H and O–H groups in total. The van der Waals surface area contributed by atoms with Crippen molar-refractivity contribution in [3.63, 3.8) is 0 Å². The predicted molar refractivity (Wildman–Crippen MR) is 154 cm³/mol. The Morgan fingerprint density at radius 2 is 1.95 bits per heavy atom. The fourth-order valence-electron chi connectivity index (χ4n) is 4.83. The minimum atomic E-state index is -0.420. The number of esters is 1. The molecule has 8 nitrogen and oxygen atoms in total. The average Bonchev–Trinajstić information content (AvgIpc) is 3.30. The third-order valence-corrected chi connectivity index (χ3v) is 8.07. The number of thiophene rings is 1. The fraction of sp³-hybridized carbons (Fsp3) is 0.323. The van der Waals surface area contributed by atoms with E-state index in [-0.39, 0.29) is 24.4 Å². The van der Waals surface area contributed by atoms with E-state index in [0.29, 0.717) is 39.0 Å². The number of hydrogen-bond acceptors (Lipinski definition) is 8. The average molecular weight is 562 g/mol. The standard InChI is InChI=1S/C31H31NO7S/c1-4-19-8-6-7-9-23(19)39-25-16-38-24-15-20(11-13-21(24)29(25)34)37-17-27(33)32-30-28(31(35)36-5-2)22-12-10-18(3)14-26(22)40-30/h6-9,11,13,15-16,18H,4-5,10,12,14,17H2,1-3H3,(H,32,33). The number of hydrogen-bond donors (Lipinski definition) is 1. The van der Waals surface area contributed by atoms with Crippen LogP contribution in [0, 0.1) is 5.92 Å². The van der Waals surface area contributed by atoms with E-state index in [2.05, 4.69) is 12.2 Å². The lowest BCUT2D eigenvalue weighted by molar-refractivity contribution is -0.118. The molecule has 5 rings (SSSR count). The molecule has 40 heavy (non-hydrogen) atoms. The highest BCUT2D eigenvalue weighted by Crippen LogP contribution is 2.40. The van der Waals surface area contributed by atoms with Crippen molar-refractivity contribution < 1.29 is 28.2 Å². The van der Waals surface area contributed by atoms with Crippen LogP contribution in [0.25, 0.3) is 11.0 Å². The normalized spacial score (nSPS) is 14.4. The van der Waals surface area contributed by atoms with Gasteiger partial charge in [0.05, 0.1) is 17.6 Å². The summed E-state index contributed by atoms with van der Waals surface area (Å²) in [6.07, 6.45) is 4.70. The maximum absolute atomic E-state index is 13.0. The molecule has 0 radical (unpaired) electrons. The van der Waals surface area contributed by atoms with Crippen LogP contribution in [0.1, 0.15) is 53.6 Å². The molecular weight excluding hydrogens is 530 g/mol. The second-order valence-corrected chi connectivity index (χ2v) is 10.9. The lowest BCUT2D eigenvalue weighted by Crippen LogP contribution is -2.21. The highest BCUT2D eigenvalue weighted by atomic mass is 32.1. The first-order valence-electron chi connectivity index (χ1n) is 13.4. The zero-order valence-electron chi connectivity index (χ0n) is 22.7. The fourth-order valence-corrected chi connectivity index (χ4v) is 6.25. The summed E-state index contributed by atoms with van der Waals surface area (Å²) in [5.41, 5.74) is 2.41. The van der Waals surface area contributed by atoms with Crippen LogP contribution in [-0.2, 0) is 28.8 Å². The molecule has 0 spiro atoms. The number of rotatable bonds is 9. The van der Waals surface area contributed by atoms with Crippen molar-refractivity contribution in [2.24, 2.45) is 5.92 Å². The Kier molecular flexibility index (Phi) is 8.21. The molecule has 1 unspecified atom stereocenters. The molecule has 0 saturated carbocycles. The van der Waals surface area contributed by atoms with Crippen LogP contribution in [0.15, 0.2) is 57.9 Å². The summed E-state index contributed by atoms with van der Waals surface area (Å²) < 4.78 is 22.5. The van der Waals surface area contributed by atoms with Crippen molar-refractivity contribution in [1.82, 2.24) is 0 Å². The van der Waals surface area contributed by atoms with E-state index < -0.39 is 11.9 Å². The summed E-state index contributed by atoms with van der Waals surface area (Å²) in [5, 5.41) is 3.67. The quantitative estimate of drug-likeness (QED) is 0.232. The van der Waals surface area contributed by atoms with Gasteiger partial charge in [0.2, 0.25) is 11.2 Å². The first-order valence-corrected chi connectivity index (χ1v) is 14.2. The van der Waals surface area contributed by atoms with Gasteiger partial charge >= 0.3 is 5.97 Å². The molecule has 4 aromatic rings. The van der Waals surface area contributed by atoms with Gasteiger partial charge in [0, 0.05) is 10.9 Å². The van der Waals surface area contributed by atoms with Crippen LogP contribution < -0.4 is 20.2 Å². The van der Waals surface area contributed by atoms with Gasteiger partial charge in [-0.05, 0) is 67.9 Å². The number of fused-ring (bicyclic) bond motifs is 2. The Morgan fingerprint density at radius 3 is 2.75 bits per heavy atom. The topological polar surface area (TPSA) is 104 Å². The van der Waals surface area contributed by atoms with E-state index in [1.807, 2.05) is 31.2 Å². The minimum absolute atomic E-state index is 0.0897. The van der Waals surface area contributed by atoms with Gasteiger partial charge in [-0.2, -0.15) is 0 Å². The molecule has 9 heteroatoms. The number of benzene rings is 2. The van der Waals surface area contributed by atoms with Crippen LogP contribution in [-0.4, -0.2) is 25.1 Å². The van der Waals surface area contributed by atoms with Gasteiger partial charge in [0.25, 0.3) is 5.91 Å². The van der Waals surface area contributed by atoms with Crippen molar-refractivity contribution in [2.75, 3.05) is 18.5 Å². The summed E-state index contributed by atoms with van der Waals surface area (Å²) in [5.74, 6) is 0.757. The highest BCUT2D eigenvalue weighted by Gasteiger charge is 2.29. The van der Waals surface area contributed by atoms with Gasteiger partial charge in [-0.25, -0.2) is 4.79 Å². The minimum Gasteiger partial charge on any atom is -0.484 e. The number of nitrogens with one attached hydrogen (secondary N) is 1. The Morgan fingerprint density at radius 1 is 1.12 bits per heavy atom. The van der Waals surface area contributed by atoms with Gasteiger partial charge < -0.3 is 23.9 Å². The number of amides is 1. The second-order valence-electron chi connectivity index (χ2n) is 9.76. The number of ether oxygens (including phenoxy) is 3. The number of para-hydroxylation sites is 1. The van der Waals surface area contributed by atoms with Crippen molar-refractivity contribution in [3.8, 4) is 17.2 Å². The first kappa shape index (κ1) is 27.5. The molecule has 1 aliphatic rings. The van der Waals surface area contributed by atoms with Crippen LogP contribution in [0.4, 0.5) is 5.00 Å². The van der Waals surface area contributed by atoms with E-state index in [1.54, 1.807) is 25.1 Å². The van der Waals surface area contributed by atoms with Crippen LogP contribution in [0.2, 0.25) is 0 Å². The maximum Gasteiger partial charge on any atom is 0.341 e. The highest BCUT2D eigenvalue weighted by molar-refractivity contribution is 7.17. The van der Waals surface area contributed by atoms with Crippen molar-refractivity contribution in [2.45, 2.75) is 46.5 Å². The largest absolute Gasteiger partial charge is 0.484 e. The smallest absolute Gasteiger partial charge is 0.341 e. The molecule has 208 valence electrons. The van der Waals surface area contributed by atoms with E-state index >= 15 is 0 Å². The van der Waals surface area contributed by atoms with Gasteiger partial charge in [-0.1, -0.05) is 32.0 Å². The molecular formula is C31H31NO7S.